The zero-order chi connectivity index (χ0) is 12.0. The third kappa shape index (κ3) is 3.48. The van der Waals surface area contributed by atoms with Crippen LogP contribution in [0.5, 0.6) is 5.75 Å². The fourth-order valence-corrected chi connectivity index (χ4v) is 1.50. The summed E-state index contributed by atoms with van der Waals surface area (Å²) in [6.07, 6.45) is -0.616. The number of para-hydroxylation sites is 1. The molecule has 0 saturated heterocycles. The minimum absolute atomic E-state index is 0.214. The summed E-state index contributed by atoms with van der Waals surface area (Å²) in [6.45, 7) is 2.87. The Kier molecular flexibility index (Phi) is 5.25. The number of hydrogen-bond acceptors (Lipinski definition) is 4. The summed E-state index contributed by atoms with van der Waals surface area (Å²) in [6, 6.07) is 5.82. The van der Waals surface area contributed by atoms with Gasteiger partial charge < -0.3 is 20.3 Å². The van der Waals surface area contributed by atoms with Crippen LogP contribution < -0.4 is 10.5 Å². The second-order valence-corrected chi connectivity index (χ2v) is 3.69. The minimum Gasteiger partial charge on any atom is -0.490 e. The topological polar surface area (TPSA) is 64.7 Å². The molecule has 1 atom stereocenters. The smallest absolute Gasteiger partial charge is 0.126 e. The van der Waals surface area contributed by atoms with Gasteiger partial charge in [0.15, 0.2) is 0 Å². The van der Waals surface area contributed by atoms with E-state index in [9.17, 15) is 5.11 Å². The van der Waals surface area contributed by atoms with E-state index < -0.39 is 6.10 Å². The van der Waals surface area contributed by atoms with E-state index in [-0.39, 0.29) is 13.2 Å². The molecule has 1 unspecified atom stereocenters. The summed E-state index contributed by atoms with van der Waals surface area (Å²) in [5, 5.41) is 9.48. The average molecular weight is 225 g/mol. The molecule has 4 heteroatoms. The van der Waals surface area contributed by atoms with Crippen LogP contribution in [-0.4, -0.2) is 31.5 Å². The Morgan fingerprint density at radius 2 is 2.12 bits per heavy atom. The lowest BCUT2D eigenvalue weighted by Crippen LogP contribution is -2.23. The van der Waals surface area contributed by atoms with Crippen LogP contribution >= 0.6 is 0 Å². The van der Waals surface area contributed by atoms with Crippen LogP contribution in [0.2, 0.25) is 0 Å². The molecule has 0 radical (unpaired) electrons. The molecule has 4 nitrogen and oxygen atoms in total. The van der Waals surface area contributed by atoms with Gasteiger partial charge in [0.25, 0.3) is 0 Å². The van der Waals surface area contributed by atoms with Crippen LogP contribution in [0, 0.1) is 6.92 Å². The Bertz CT molecular complexity index is 328. The SMILES string of the molecule is COCC(O)COc1c(C)cccc1CN. The van der Waals surface area contributed by atoms with Crippen LogP contribution in [0.25, 0.3) is 0 Å². The maximum Gasteiger partial charge on any atom is 0.126 e. The van der Waals surface area contributed by atoms with E-state index in [0.29, 0.717) is 6.54 Å². The summed E-state index contributed by atoms with van der Waals surface area (Å²) in [7, 11) is 1.54. The fraction of sp³-hybridized carbons (Fsp3) is 0.500. The van der Waals surface area contributed by atoms with Crippen molar-refractivity contribution in [2.45, 2.75) is 19.6 Å². The summed E-state index contributed by atoms with van der Waals surface area (Å²) in [5.74, 6) is 0.764. The predicted octanol–water partition coefficient (Wildman–Crippen LogP) is 0.840. The van der Waals surface area contributed by atoms with Gasteiger partial charge in [-0.1, -0.05) is 18.2 Å². The second-order valence-electron chi connectivity index (χ2n) is 3.69. The molecular weight excluding hydrogens is 206 g/mol. The van der Waals surface area contributed by atoms with Gasteiger partial charge in [0.2, 0.25) is 0 Å². The minimum atomic E-state index is -0.616. The number of aliphatic hydroxyl groups excluding tert-OH is 1. The van der Waals surface area contributed by atoms with Gasteiger partial charge in [-0.25, -0.2) is 0 Å². The lowest BCUT2D eigenvalue weighted by molar-refractivity contribution is 0.0321. The van der Waals surface area contributed by atoms with E-state index in [1.54, 1.807) is 7.11 Å². The molecule has 0 spiro atoms. The molecule has 0 aliphatic carbocycles. The monoisotopic (exact) mass is 225 g/mol. The maximum atomic E-state index is 9.48. The Morgan fingerprint density at radius 3 is 2.75 bits per heavy atom. The molecule has 0 aliphatic heterocycles. The van der Waals surface area contributed by atoms with Crippen LogP contribution in [-0.2, 0) is 11.3 Å². The zero-order valence-corrected chi connectivity index (χ0v) is 9.77. The maximum absolute atomic E-state index is 9.48. The molecule has 90 valence electrons. The van der Waals surface area contributed by atoms with Crippen molar-refractivity contribution in [1.29, 1.82) is 0 Å². The number of rotatable bonds is 6. The van der Waals surface area contributed by atoms with E-state index >= 15 is 0 Å². The van der Waals surface area contributed by atoms with Gasteiger partial charge in [0.05, 0.1) is 6.61 Å². The van der Waals surface area contributed by atoms with Crippen LogP contribution in [0.1, 0.15) is 11.1 Å². The number of nitrogens with two attached hydrogens (primary N) is 1. The Balaban J connectivity index is 2.65. The molecule has 0 saturated carbocycles. The highest BCUT2D eigenvalue weighted by molar-refractivity contribution is 5.40. The molecule has 1 aromatic rings. The normalized spacial score (nSPS) is 12.5. The van der Waals surface area contributed by atoms with E-state index in [0.717, 1.165) is 16.9 Å². The van der Waals surface area contributed by atoms with Crippen LogP contribution in [0.15, 0.2) is 18.2 Å². The van der Waals surface area contributed by atoms with E-state index in [1.807, 2.05) is 25.1 Å². The Morgan fingerprint density at radius 1 is 1.38 bits per heavy atom. The Labute approximate surface area is 96.0 Å². The highest BCUT2D eigenvalue weighted by atomic mass is 16.5. The first-order chi connectivity index (χ1) is 7.69. The van der Waals surface area contributed by atoms with Gasteiger partial charge in [-0.2, -0.15) is 0 Å². The largest absolute Gasteiger partial charge is 0.490 e. The van der Waals surface area contributed by atoms with Crippen molar-refractivity contribution in [3.63, 3.8) is 0 Å². The molecule has 0 aromatic heterocycles. The van der Waals surface area contributed by atoms with Gasteiger partial charge in [-0.15, -0.1) is 0 Å². The molecule has 16 heavy (non-hydrogen) atoms. The summed E-state index contributed by atoms with van der Waals surface area (Å²) >= 11 is 0. The van der Waals surface area contributed by atoms with Crippen molar-refractivity contribution in [1.82, 2.24) is 0 Å². The first-order valence-corrected chi connectivity index (χ1v) is 5.27. The second kappa shape index (κ2) is 6.48. The third-order valence-electron chi connectivity index (χ3n) is 2.29. The van der Waals surface area contributed by atoms with Gasteiger partial charge in [0, 0.05) is 19.2 Å². The van der Waals surface area contributed by atoms with E-state index in [2.05, 4.69) is 0 Å². The van der Waals surface area contributed by atoms with Gasteiger partial charge >= 0.3 is 0 Å². The first kappa shape index (κ1) is 13.0. The van der Waals surface area contributed by atoms with Gasteiger partial charge in [-0.05, 0) is 12.5 Å². The number of methoxy groups -OCH3 is 1. The van der Waals surface area contributed by atoms with Crippen molar-refractivity contribution >= 4 is 0 Å². The van der Waals surface area contributed by atoms with Crippen molar-refractivity contribution < 1.29 is 14.6 Å². The number of ether oxygens (including phenoxy) is 2. The number of aryl methyl sites for hydroxylation is 1. The molecule has 0 amide bonds. The van der Waals surface area contributed by atoms with E-state index in [4.69, 9.17) is 15.2 Å². The molecule has 0 heterocycles. The molecule has 1 aromatic carbocycles. The molecule has 0 fully saturated rings. The molecule has 0 aliphatic rings. The van der Waals surface area contributed by atoms with Crippen molar-refractivity contribution in [3.8, 4) is 5.75 Å². The van der Waals surface area contributed by atoms with E-state index in [1.165, 1.54) is 0 Å². The predicted molar refractivity (Wildman–Crippen MR) is 62.4 cm³/mol. The third-order valence-corrected chi connectivity index (χ3v) is 2.29. The van der Waals surface area contributed by atoms with Gasteiger partial charge in [0.1, 0.15) is 18.5 Å². The summed E-state index contributed by atoms with van der Waals surface area (Å²) in [5.41, 5.74) is 7.59. The highest BCUT2D eigenvalue weighted by Crippen LogP contribution is 2.22. The van der Waals surface area contributed by atoms with Crippen molar-refractivity contribution in [2.24, 2.45) is 5.73 Å². The first-order valence-electron chi connectivity index (χ1n) is 5.27. The number of hydrogen-bond donors (Lipinski definition) is 2. The highest BCUT2D eigenvalue weighted by Gasteiger charge is 2.09. The fourth-order valence-electron chi connectivity index (χ4n) is 1.50. The quantitative estimate of drug-likeness (QED) is 0.753. The zero-order valence-electron chi connectivity index (χ0n) is 9.77. The lowest BCUT2D eigenvalue weighted by Gasteiger charge is -2.15. The van der Waals surface area contributed by atoms with Gasteiger partial charge in [-0.3, -0.25) is 0 Å². The average Bonchev–Trinajstić information content (AvgIpc) is 2.27. The van der Waals surface area contributed by atoms with Crippen LogP contribution in [0.4, 0.5) is 0 Å². The van der Waals surface area contributed by atoms with Crippen LogP contribution in [0.3, 0.4) is 0 Å². The molecule has 3 N–H and O–H groups in total. The van der Waals surface area contributed by atoms with Crippen molar-refractivity contribution in [2.75, 3.05) is 20.3 Å². The lowest BCUT2D eigenvalue weighted by atomic mass is 10.1. The molecule has 1 rings (SSSR count). The number of benzene rings is 1. The van der Waals surface area contributed by atoms with Crippen molar-refractivity contribution in [3.05, 3.63) is 29.3 Å². The number of aliphatic hydroxyl groups is 1. The Hall–Kier alpha value is -1.10. The standard InChI is InChI=1S/C12H19NO3/c1-9-4-3-5-10(6-13)12(9)16-8-11(14)7-15-2/h3-5,11,14H,6-8,13H2,1-2H3. The summed E-state index contributed by atoms with van der Waals surface area (Å²) in [4.78, 5) is 0. The molecular formula is C12H19NO3. The summed E-state index contributed by atoms with van der Waals surface area (Å²) < 4.78 is 10.4. The molecule has 0 bridgehead atoms.